The molecule has 1 amide bonds. The SMILES string of the molecule is COc1ccc(S(=O)(=O)N[C@H]2CCNC2)cc1C(=O)Nc1ccc(F)cc1. The van der Waals surface area contributed by atoms with E-state index in [0.717, 1.165) is 6.54 Å². The van der Waals surface area contributed by atoms with Crippen LogP contribution in [0.1, 0.15) is 16.8 Å². The number of rotatable bonds is 6. The van der Waals surface area contributed by atoms with Crippen LogP contribution in [0.4, 0.5) is 10.1 Å². The van der Waals surface area contributed by atoms with E-state index >= 15 is 0 Å². The van der Waals surface area contributed by atoms with Crippen molar-refractivity contribution < 1.29 is 22.3 Å². The van der Waals surface area contributed by atoms with E-state index in [1.807, 2.05) is 0 Å². The molecule has 144 valence electrons. The van der Waals surface area contributed by atoms with Crippen molar-refractivity contribution in [2.24, 2.45) is 0 Å². The molecular formula is C18H20FN3O4S. The third-order valence-electron chi connectivity index (χ3n) is 4.21. The van der Waals surface area contributed by atoms with Crippen molar-refractivity contribution >= 4 is 21.6 Å². The Labute approximate surface area is 157 Å². The second-order valence-electron chi connectivity index (χ2n) is 6.13. The van der Waals surface area contributed by atoms with Crippen LogP contribution in [0.15, 0.2) is 47.4 Å². The number of ether oxygens (including phenoxy) is 1. The van der Waals surface area contributed by atoms with E-state index in [2.05, 4.69) is 15.4 Å². The number of carbonyl (C=O) groups excluding carboxylic acids is 1. The van der Waals surface area contributed by atoms with Gasteiger partial charge in [-0.3, -0.25) is 4.79 Å². The molecule has 0 saturated carbocycles. The maximum Gasteiger partial charge on any atom is 0.259 e. The lowest BCUT2D eigenvalue weighted by Gasteiger charge is -2.14. The number of anilines is 1. The first kappa shape index (κ1) is 19.3. The number of sulfonamides is 1. The maximum absolute atomic E-state index is 13.0. The quantitative estimate of drug-likeness (QED) is 0.695. The van der Waals surface area contributed by atoms with Gasteiger partial charge in [0.2, 0.25) is 10.0 Å². The van der Waals surface area contributed by atoms with Gasteiger partial charge in [-0.1, -0.05) is 0 Å². The first-order valence-corrected chi connectivity index (χ1v) is 9.85. The van der Waals surface area contributed by atoms with Crippen LogP contribution in [0.2, 0.25) is 0 Å². The molecule has 1 aliphatic rings. The Morgan fingerprint density at radius 2 is 1.96 bits per heavy atom. The van der Waals surface area contributed by atoms with Gasteiger partial charge in [0, 0.05) is 18.3 Å². The smallest absolute Gasteiger partial charge is 0.259 e. The van der Waals surface area contributed by atoms with Gasteiger partial charge in [0.25, 0.3) is 5.91 Å². The van der Waals surface area contributed by atoms with Crippen LogP contribution in [0.3, 0.4) is 0 Å². The van der Waals surface area contributed by atoms with E-state index in [9.17, 15) is 17.6 Å². The summed E-state index contributed by atoms with van der Waals surface area (Å²) in [5.74, 6) is -0.750. The minimum atomic E-state index is -3.78. The summed E-state index contributed by atoms with van der Waals surface area (Å²) in [5.41, 5.74) is 0.445. The van der Waals surface area contributed by atoms with Gasteiger partial charge < -0.3 is 15.4 Å². The largest absolute Gasteiger partial charge is 0.496 e. The molecule has 3 N–H and O–H groups in total. The Morgan fingerprint density at radius 1 is 1.22 bits per heavy atom. The zero-order valence-corrected chi connectivity index (χ0v) is 15.5. The van der Waals surface area contributed by atoms with Crippen molar-refractivity contribution in [2.45, 2.75) is 17.4 Å². The molecule has 1 fully saturated rings. The third-order valence-corrected chi connectivity index (χ3v) is 5.73. The standard InChI is InChI=1S/C18H20FN3O4S/c1-26-17-7-6-15(27(24,25)22-14-8-9-20-11-14)10-16(17)18(23)21-13-4-2-12(19)3-5-13/h2-7,10,14,20,22H,8-9,11H2,1H3,(H,21,23)/t14-/m0/s1. The Kier molecular flexibility index (Phi) is 5.73. The van der Waals surface area contributed by atoms with Crippen LogP contribution < -0.4 is 20.1 Å². The third kappa shape index (κ3) is 4.62. The van der Waals surface area contributed by atoms with Gasteiger partial charge in [0.05, 0.1) is 17.6 Å². The summed E-state index contributed by atoms with van der Waals surface area (Å²) >= 11 is 0. The van der Waals surface area contributed by atoms with Crippen LogP contribution in [-0.2, 0) is 10.0 Å². The average molecular weight is 393 g/mol. The number of hydrogen-bond donors (Lipinski definition) is 3. The number of nitrogens with one attached hydrogen (secondary N) is 3. The predicted molar refractivity (Wildman–Crippen MR) is 98.9 cm³/mol. The Balaban J connectivity index is 1.86. The van der Waals surface area contributed by atoms with Gasteiger partial charge in [0.1, 0.15) is 11.6 Å². The second kappa shape index (κ2) is 8.03. The van der Waals surface area contributed by atoms with Crippen molar-refractivity contribution in [3.63, 3.8) is 0 Å². The fraction of sp³-hybridized carbons (Fsp3) is 0.278. The van der Waals surface area contributed by atoms with Crippen LogP contribution in [0.5, 0.6) is 5.75 Å². The number of benzene rings is 2. The van der Waals surface area contributed by atoms with Crippen LogP contribution in [0, 0.1) is 5.82 Å². The summed E-state index contributed by atoms with van der Waals surface area (Å²) in [6.07, 6.45) is 0.702. The molecular weight excluding hydrogens is 373 g/mol. The highest BCUT2D eigenvalue weighted by molar-refractivity contribution is 7.89. The molecule has 3 rings (SSSR count). The Morgan fingerprint density at radius 3 is 2.59 bits per heavy atom. The lowest BCUT2D eigenvalue weighted by molar-refractivity contribution is 0.102. The first-order valence-electron chi connectivity index (χ1n) is 8.37. The number of halogens is 1. The predicted octanol–water partition coefficient (Wildman–Crippen LogP) is 1.73. The molecule has 1 heterocycles. The highest BCUT2D eigenvalue weighted by atomic mass is 32.2. The Bertz CT molecular complexity index is 926. The summed E-state index contributed by atoms with van der Waals surface area (Å²) in [6.45, 7) is 1.31. The monoisotopic (exact) mass is 393 g/mol. The van der Waals surface area contributed by atoms with E-state index in [4.69, 9.17) is 4.74 Å². The fourth-order valence-corrected chi connectivity index (χ4v) is 4.10. The molecule has 2 aromatic rings. The van der Waals surface area contributed by atoms with Gasteiger partial charge in [-0.15, -0.1) is 0 Å². The van der Waals surface area contributed by atoms with Crippen LogP contribution in [0.25, 0.3) is 0 Å². The highest BCUT2D eigenvalue weighted by Crippen LogP contribution is 2.24. The minimum Gasteiger partial charge on any atom is -0.496 e. The lowest BCUT2D eigenvalue weighted by atomic mass is 10.2. The number of carbonyl (C=O) groups is 1. The molecule has 0 aromatic heterocycles. The molecule has 1 aliphatic heterocycles. The van der Waals surface area contributed by atoms with Gasteiger partial charge >= 0.3 is 0 Å². The van der Waals surface area contributed by atoms with Crippen LogP contribution in [-0.4, -0.2) is 40.6 Å². The Hall–Kier alpha value is -2.49. The van der Waals surface area contributed by atoms with E-state index in [1.54, 1.807) is 0 Å². The van der Waals surface area contributed by atoms with Gasteiger partial charge in [-0.25, -0.2) is 17.5 Å². The number of hydrogen-bond acceptors (Lipinski definition) is 5. The molecule has 0 bridgehead atoms. The molecule has 7 nitrogen and oxygen atoms in total. The van der Waals surface area contributed by atoms with Crippen molar-refractivity contribution in [3.05, 3.63) is 53.8 Å². The summed E-state index contributed by atoms with van der Waals surface area (Å²) in [7, 11) is -2.39. The molecule has 1 saturated heterocycles. The lowest BCUT2D eigenvalue weighted by Crippen LogP contribution is -2.36. The van der Waals surface area contributed by atoms with E-state index in [0.29, 0.717) is 18.7 Å². The molecule has 1 atom stereocenters. The minimum absolute atomic E-state index is 0.0283. The molecule has 0 spiro atoms. The number of methoxy groups -OCH3 is 1. The normalized spacial score (nSPS) is 16.9. The summed E-state index contributed by atoms with van der Waals surface area (Å²) in [5, 5.41) is 5.69. The first-order chi connectivity index (χ1) is 12.9. The van der Waals surface area contributed by atoms with E-state index in [-0.39, 0.29) is 22.3 Å². The average Bonchev–Trinajstić information content (AvgIpc) is 3.15. The zero-order valence-electron chi connectivity index (χ0n) is 14.7. The van der Waals surface area contributed by atoms with Crippen LogP contribution >= 0.6 is 0 Å². The molecule has 27 heavy (non-hydrogen) atoms. The van der Waals surface area contributed by atoms with Crippen molar-refractivity contribution in [2.75, 3.05) is 25.5 Å². The maximum atomic E-state index is 13.0. The fourth-order valence-electron chi connectivity index (χ4n) is 2.81. The van der Waals surface area contributed by atoms with Crippen molar-refractivity contribution in [1.29, 1.82) is 0 Å². The van der Waals surface area contributed by atoms with Gasteiger partial charge in [-0.05, 0) is 55.4 Å². The van der Waals surface area contributed by atoms with E-state index < -0.39 is 21.7 Å². The van der Waals surface area contributed by atoms with Crippen molar-refractivity contribution in [3.8, 4) is 5.75 Å². The summed E-state index contributed by atoms with van der Waals surface area (Å²) < 4.78 is 46.0. The van der Waals surface area contributed by atoms with E-state index in [1.165, 1.54) is 49.6 Å². The summed E-state index contributed by atoms with van der Waals surface area (Å²) in [4.78, 5) is 12.6. The molecule has 2 aromatic carbocycles. The van der Waals surface area contributed by atoms with Gasteiger partial charge in [0.15, 0.2) is 0 Å². The summed E-state index contributed by atoms with van der Waals surface area (Å²) in [6, 6.07) is 9.15. The second-order valence-corrected chi connectivity index (χ2v) is 7.85. The highest BCUT2D eigenvalue weighted by Gasteiger charge is 2.24. The topological polar surface area (TPSA) is 96.5 Å². The zero-order chi connectivity index (χ0) is 19.4. The molecule has 9 heteroatoms. The molecule has 0 radical (unpaired) electrons. The van der Waals surface area contributed by atoms with Crippen molar-refractivity contribution in [1.82, 2.24) is 10.0 Å². The molecule has 0 aliphatic carbocycles. The van der Waals surface area contributed by atoms with Gasteiger partial charge in [-0.2, -0.15) is 0 Å². The molecule has 0 unspecified atom stereocenters. The number of amides is 1.